The van der Waals surface area contributed by atoms with Crippen molar-refractivity contribution < 1.29 is 19.1 Å². The highest BCUT2D eigenvalue weighted by molar-refractivity contribution is 6.03. The van der Waals surface area contributed by atoms with Crippen molar-refractivity contribution in [3.8, 4) is 11.5 Å². The lowest BCUT2D eigenvalue weighted by Gasteiger charge is -2.12. The summed E-state index contributed by atoms with van der Waals surface area (Å²) < 4.78 is 10.5. The van der Waals surface area contributed by atoms with Crippen LogP contribution < -0.4 is 20.1 Å². The molecule has 2 aromatic rings. The Kier molecular flexibility index (Phi) is 5.87. The molecule has 6 nitrogen and oxygen atoms in total. The van der Waals surface area contributed by atoms with E-state index in [1.54, 1.807) is 25.3 Å². The Hall–Kier alpha value is -3.02. The summed E-state index contributed by atoms with van der Waals surface area (Å²) in [5.41, 5.74) is 2.52. The molecule has 2 N–H and O–H groups in total. The van der Waals surface area contributed by atoms with Crippen LogP contribution in [0.2, 0.25) is 0 Å². The van der Waals surface area contributed by atoms with Gasteiger partial charge in [0, 0.05) is 11.8 Å². The molecule has 0 saturated heterocycles. The number of amides is 2. The number of ether oxygens (including phenoxy) is 2. The van der Waals surface area contributed by atoms with Crippen molar-refractivity contribution >= 4 is 23.2 Å². The van der Waals surface area contributed by atoms with Gasteiger partial charge in [-0.05, 0) is 42.2 Å². The van der Waals surface area contributed by atoms with Gasteiger partial charge in [0.05, 0.1) is 31.7 Å². The predicted octanol–water partition coefficient (Wildman–Crippen LogP) is 4.04. The number of anilines is 2. The van der Waals surface area contributed by atoms with Crippen molar-refractivity contribution in [2.24, 2.45) is 11.8 Å². The average molecular weight is 382 g/mol. The van der Waals surface area contributed by atoms with Crippen molar-refractivity contribution in [3.05, 3.63) is 48.0 Å². The van der Waals surface area contributed by atoms with Crippen LogP contribution >= 0.6 is 0 Å². The topological polar surface area (TPSA) is 76.7 Å². The lowest BCUT2D eigenvalue weighted by Crippen LogP contribution is -2.20. The molecule has 6 heteroatoms. The standard InChI is InChI=1S/C22H26N2O4/c1-13(2)14-5-7-15(8-6-14)23-21(25)17-12-18(17)22(26)24-19-10-9-16(27-3)11-20(19)28-4/h5-11,13,17-18H,12H2,1-4H3,(H,23,25)(H,24,26). The first kappa shape index (κ1) is 19.7. The van der Waals surface area contributed by atoms with Gasteiger partial charge in [0.25, 0.3) is 0 Å². The van der Waals surface area contributed by atoms with E-state index in [1.165, 1.54) is 12.7 Å². The van der Waals surface area contributed by atoms with Gasteiger partial charge in [0.1, 0.15) is 11.5 Å². The Morgan fingerprint density at radius 2 is 1.57 bits per heavy atom. The third-order valence-electron chi connectivity index (χ3n) is 4.98. The van der Waals surface area contributed by atoms with Crippen LogP contribution in [0.4, 0.5) is 11.4 Å². The second kappa shape index (κ2) is 8.33. The molecule has 148 valence electrons. The quantitative estimate of drug-likeness (QED) is 0.758. The summed E-state index contributed by atoms with van der Waals surface area (Å²) in [6, 6.07) is 13.0. The largest absolute Gasteiger partial charge is 0.497 e. The van der Waals surface area contributed by atoms with E-state index in [4.69, 9.17) is 9.47 Å². The molecule has 2 aromatic carbocycles. The van der Waals surface area contributed by atoms with E-state index in [0.29, 0.717) is 29.5 Å². The van der Waals surface area contributed by atoms with Gasteiger partial charge in [-0.2, -0.15) is 0 Å². The Morgan fingerprint density at radius 3 is 2.14 bits per heavy atom. The molecule has 0 aliphatic heterocycles. The molecule has 1 aliphatic carbocycles. The number of benzene rings is 2. The summed E-state index contributed by atoms with van der Waals surface area (Å²) in [5, 5.41) is 5.74. The van der Waals surface area contributed by atoms with E-state index in [9.17, 15) is 9.59 Å². The molecule has 3 rings (SSSR count). The maximum atomic E-state index is 12.5. The lowest BCUT2D eigenvalue weighted by molar-refractivity contribution is -0.122. The van der Waals surface area contributed by atoms with Crippen LogP contribution in [-0.4, -0.2) is 26.0 Å². The molecule has 0 bridgehead atoms. The van der Waals surface area contributed by atoms with Crippen molar-refractivity contribution in [1.29, 1.82) is 0 Å². The van der Waals surface area contributed by atoms with Gasteiger partial charge in [-0.3, -0.25) is 9.59 Å². The molecule has 0 spiro atoms. The Bertz CT molecular complexity index is 861. The molecule has 1 fully saturated rings. The molecular formula is C22H26N2O4. The first-order valence-electron chi connectivity index (χ1n) is 9.36. The summed E-state index contributed by atoms with van der Waals surface area (Å²) in [7, 11) is 3.10. The zero-order chi connectivity index (χ0) is 20.3. The maximum absolute atomic E-state index is 12.5. The van der Waals surface area contributed by atoms with Crippen LogP contribution in [0, 0.1) is 11.8 Å². The fourth-order valence-corrected chi connectivity index (χ4v) is 3.09. The van der Waals surface area contributed by atoms with E-state index in [-0.39, 0.29) is 23.7 Å². The number of nitrogens with one attached hydrogen (secondary N) is 2. The monoisotopic (exact) mass is 382 g/mol. The summed E-state index contributed by atoms with van der Waals surface area (Å²) in [6.07, 6.45) is 0.542. The lowest BCUT2D eigenvalue weighted by atomic mass is 10.0. The minimum atomic E-state index is -0.332. The molecule has 0 aromatic heterocycles. The third-order valence-corrected chi connectivity index (χ3v) is 4.98. The van der Waals surface area contributed by atoms with Crippen LogP contribution in [0.15, 0.2) is 42.5 Å². The zero-order valence-electron chi connectivity index (χ0n) is 16.6. The van der Waals surface area contributed by atoms with Gasteiger partial charge in [0.2, 0.25) is 11.8 Å². The maximum Gasteiger partial charge on any atom is 0.228 e. The van der Waals surface area contributed by atoms with Gasteiger partial charge >= 0.3 is 0 Å². The number of carbonyl (C=O) groups is 2. The van der Waals surface area contributed by atoms with E-state index >= 15 is 0 Å². The Labute approximate surface area is 165 Å². The highest BCUT2D eigenvalue weighted by atomic mass is 16.5. The highest BCUT2D eigenvalue weighted by Crippen LogP contribution is 2.41. The van der Waals surface area contributed by atoms with Crippen molar-refractivity contribution in [2.45, 2.75) is 26.2 Å². The summed E-state index contributed by atoms with van der Waals surface area (Å²) >= 11 is 0. The molecule has 28 heavy (non-hydrogen) atoms. The van der Waals surface area contributed by atoms with E-state index in [1.807, 2.05) is 24.3 Å². The first-order valence-corrected chi connectivity index (χ1v) is 9.36. The summed E-state index contributed by atoms with van der Waals surface area (Å²) in [6.45, 7) is 4.25. The second-order valence-corrected chi connectivity index (χ2v) is 7.27. The first-order chi connectivity index (χ1) is 13.4. The average Bonchev–Trinajstić information content (AvgIpc) is 3.50. The van der Waals surface area contributed by atoms with Gasteiger partial charge < -0.3 is 20.1 Å². The minimum absolute atomic E-state index is 0.126. The third kappa shape index (κ3) is 4.44. The van der Waals surface area contributed by atoms with E-state index in [0.717, 1.165) is 5.69 Å². The fraction of sp³-hybridized carbons (Fsp3) is 0.364. The Morgan fingerprint density at radius 1 is 0.929 bits per heavy atom. The SMILES string of the molecule is COc1ccc(NC(=O)C2CC2C(=O)Nc2ccc(C(C)C)cc2)c(OC)c1. The number of methoxy groups -OCH3 is 2. The van der Waals surface area contributed by atoms with E-state index < -0.39 is 0 Å². The smallest absolute Gasteiger partial charge is 0.228 e. The van der Waals surface area contributed by atoms with E-state index in [2.05, 4.69) is 24.5 Å². The van der Waals surface area contributed by atoms with Crippen molar-refractivity contribution in [3.63, 3.8) is 0 Å². The molecule has 0 radical (unpaired) electrons. The van der Waals surface area contributed by atoms with Crippen LogP contribution in [0.3, 0.4) is 0 Å². The predicted molar refractivity (Wildman–Crippen MR) is 109 cm³/mol. The van der Waals surface area contributed by atoms with Crippen molar-refractivity contribution in [1.82, 2.24) is 0 Å². The molecular weight excluding hydrogens is 356 g/mol. The molecule has 2 amide bonds. The van der Waals surface area contributed by atoms with Crippen LogP contribution in [0.25, 0.3) is 0 Å². The second-order valence-electron chi connectivity index (χ2n) is 7.27. The normalized spacial score (nSPS) is 17.8. The number of hydrogen-bond donors (Lipinski definition) is 2. The fourth-order valence-electron chi connectivity index (χ4n) is 3.09. The highest BCUT2D eigenvalue weighted by Gasteiger charge is 2.48. The molecule has 1 aliphatic rings. The van der Waals surface area contributed by atoms with Gasteiger partial charge in [-0.1, -0.05) is 26.0 Å². The van der Waals surface area contributed by atoms with Crippen LogP contribution in [-0.2, 0) is 9.59 Å². The molecule has 2 unspecified atom stereocenters. The number of hydrogen-bond acceptors (Lipinski definition) is 4. The van der Waals surface area contributed by atoms with Gasteiger partial charge in [-0.25, -0.2) is 0 Å². The molecule has 1 saturated carbocycles. The zero-order valence-corrected chi connectivity index (χ0v) is 16.6. The summed E-state index contributed by atoms with van der Waals surface area (Å²) in [5.74, 6) is 0.645. The number of carbonyl (C=O) groups excluding carboxylic acids is 2. The van der Waals surface area contributed by atoms with Crippen LogP contribution in [0.5, 0.6) is 11.5 Å². The van der Waals surface area contributed by atoms with Gasteiger partial charge in [-0.15, -0.1) is 0 Å². The minimum Gasteiger partial charge on any atom is -0.497 e. The number of rotatable bonds is 7. The molecule has 0 heterocycles. The van der Waals surface area contributed by atoms with Crippen LogP contribution in [0.1, 0.15) is 31.7 Å². The molecule has 2 atom stereocenters. The van der Waals surface area contributed by atoms with Gasteiger partial charge in [0.15, 0.2) is 0 Å². The van der Waals surface area contributed by atoms with Crippen molar-refractivity contribution in [2.75, 3.05) is 24.9 Å². The Balaban J connectivity index is 1.57. The summed E-state index contributed by atoms with van der Waals surface area (Å²) in [4.78, 5) is 24.9.